The fourth-order valence-electron chi connectivity index (χ4n) is 4.46. The monoisotopic (exact) mass is 462 g/mol. The molecule has 1 saturated carbocycles. The molecule has 1 aromatic heterocycles. The van der Waals surface area contributed by atoms with Crippen molar-refractivity contribution in [2.45, 2.75) is 18.4 Å². The van der Waals surface area contributed by atoms with Crippen molar-refractivity contribution in [3.8, 4) is 5.69 Å². The Morgan fingerprint density at radius 2 is 1.88 bits per heavy atom. The normalized spacial score (nSPS) is 17.0. The van der Waals surface area contributed by atoms with Gasteiger partial charge in [-0.05, 0) is 25.0 Å². The molecule has 1 saturated heterocycles. The van der Waals surface area contributed by atoms with Crippen molar-refractivity contribution in [3.63, 3.8) is 0 Å². The number of carboxylic acid groups (broad SMARTS) is 1. The standard InChI is InChI=1S/C22H18F4N4O3/c23-10-1-2-13(12(24)7-10)30-8-11(21(32)33)20(31)14-17(27)15(25)19(16(26)18(14)30)29-6-5-28-22(9-29)3-4-22/h1-2,7-8,28H,3-6,9,27H2,(H,32,33). The van der Waals surface area contributed by atoms with Crippen LogP contribution in [0.25, 0.3) is 16.6 Å². The lowest BCUT2D eigenvalue weighted by atomic mass is 10.0. The Bertz CT molecular complexity index is 1400. The minimum atomic E-state index is -1.69. The quantitative estimate of drug-likeness (QED) is 0.409. The molecular formula is C22H18F4N4O3. The number of carboxylic acids is 1. The van der Waals surface area contributed by atoms with Crippen molar-refractivity contribution in [2.75, 3.05) is 30.3 Å². The van der Waals surface area contributed by atoms with Crippen LogP contribution in [0.3, 0.4) is 0 Å². The Labute approximate surface area is 184 Å². The van der Waals surface area contributed by atoms with E-state index < -0.39 is 68.2 Å². The molecule has 2 heterocycles. The summed E-state index contributed by atoms with van der Waals surface area (Å²) in [7, 11) is 0. The molecule has 0 atom stereocenters. The molecule has 2 aliphatic rings. The molecule has 172 valence electrons. The lowest BCUT2D eigenvalue weighted by Crippen LogP contribution is -2.53. The van der Waals surface area contributed by atoms with Crippen molar-refractivity contribution in [3.05, 3.63) is 63.5 Å². The van der Waals surface area contributed by atoms with Gasteiger partial charge in [-0.2, -0.15) is 0 Å². The van der Waals surface area contributed by atoms with Crippen LogP contribution in [0.4, 0.5) is 28.9 Å². The van der Waals surface area contributed by atoms with E-state index in [0.29, 0.717) is 19.2 Å². The van der Waals surface area contributed by atoms with E-state index in [1.54, 1.807) is 0 Å². The minimum absolute atomic E-state index is 0.253. The van der Waals surface area contributed by atoms with Crippen LogP contribution in [0.2, 0.25) is 0 Å². The highest BCUT2D eigenvalue weighted by molar-refractivity contribution is 6.00. The number of halogens is 4. The number of hydrogen-bond acceptors (Lipinski definition) is 5. The highest BCUT2D eigenvalue weighted by Gasteiger charge is 2.46. The molecule has 1 aliphatic heterocycles. The lowest BCUT2D eigenvalue weighted by Gasteiger charge is -2.36. The first-order valence-corrected chi connectivity index (χ1v) is 10.2. The predicted octanol–water partition coefficient (Wildman–Crippen LogP) is 2.77. The van der Waals surface area contributed by atoms with E-state index in [2.05, 4.69) is 5.32 Å². The Morgan fingerprint density at radius 3 is 2.52 bits per heavy atom. The molecule has 3 aromatic rings. The van der Waals surface area contributed by atoms with Gasteiger partial charge in [0.15, 0.2) is 11.6 Å². The molecule has 11 heteroatoms. The zero-order valence-electron chi connectivity index (χ0n) is 17.1. The van der Waals surface area contributed by atoms with Crippen molar-refractivity contribution in [1.82, 2.24) is 9.88 Å². The van der Waals surface area contributed by atoms with Crippen molar-refractivity contribution < 1.29 is 27.5 Å². The number of hydrogen-bond donors (Lipinski definition) is 3. The first-order valence-electron chi connectivity index (χ1n) is 10.2. The molecule has 5 rings (SSSR count). The summed E-state index contributed by atoms with van der Waals surface area (Å²) < 4.78 is 60.2. The van der Waals surface area contributed by atoms with Gasteiger partial charge in [0.05, 0.1) is 22.3 Å². The maximum atomic E-state index is 16.0. The molecular weight excluding hydrogens is 444 g/mol. The number of aromatic carboxylic acids is 1. The molecule has 1 aliphatic carbocycles. The number of nitrogens with zero attached hydrogens (tertiary/aromatic N) is 2. The molecule has 7 nitrogen and oxygen atoms in total. The second-order valence-corrected chi connectivity index (χ2v) is 8.39. The molecule has 0 amide bonds. The van der Waals surface area contributed by atoms with Gasteiger partial charge in [0.25, 0.3) is 0 Å². The third kappa shape index (κ3) is 3.22. The summed E-state index contributed by atoms with van der Waals surface area (Å²) in [4.78, 5) is 26.0. The SMILES string of the molecule is Nc1c(F)c(N2CCNC3(CC3)C2)c(F)c2c1c(=O)c(C(=O)O)cn2-c1ccc(F)cc1F. The van der Waals surface area contributed by atoms with Gasteiger partial charge in [0.2, 0.25) is 5.43 Å². The van der Waals surface area contributed by atoms with Gasteiger partial charge in [-0.3, -0.25) is 4.79 Å². The third-order valence-electron chi connectivity index (χ3n) is 6.28. The number of aromatic nitrogens is 1. The molecule has 0 bridgehead atoms. The van der Waals surface area contributed by atoms with E-state index in [-0.39, 0.29) is 12.1 Å². The summed E-state index contributed by atoms with van der Waals surface area (Å²) in [6.45, 7) is 1.02. The number of carbonyl (C=O) groups is 1. The van der Waals surface area contributed by atoms with Crippen LogP contribution in [0.15, 0.2) is 29.2 Å². The maximum absolute atomic E-state index is 16.0. The second-order valence-electron chi connectivity index (χ2n) is 8.39. The van der Waals surface area contributed by atoms with E-state index in [0.717, 1.165) is 35.7 Å². The molecule has 0 unspecified atom stereocenters. The van der Waals surface area contributed by atoms with E-state index in [1.165, 1.54) is 4.90 Å². The first-order chi connectivity index (χ1) is 15.6. The van der Waals surface area contributed by atoms with Gasteiger partial charge in [0.1, 0.15) is 22.9 Å². The first kappa shape index (κ1) is 21.3. The van der Waals surface area contributed by atoms with E-state index in [4.69, 9.17) is 5.73 Å². The number of anilines is 2. The number of nitrogen functional groups attached to an aromatic ring is 1. The van der Waals surface area contributed by atoms with Gasteiger partial charge in [-0.1, -0.05) is 0 Å². The zero-order valence-corrected chi connectivity index (χ0v) is 17.1. The summed E-state index contributed by atoms with van der Waals surface area (Å²) in [5, 5.41) is 12.0. The van der Waals surface area contributed by atoms with Gasteiger partial charge in [-0.25, -0.2) is 22.4 Å². The Morgan fingerprint density at radius 1 is 1.15 bits per heavy atom. The molecule has 4 N–H and O–H groups in total. The number of nitrogens with two attached hydrogens (primary N) is 1. The third-order valence-corrected chi connectivity index (χ3v) is 6.28. The van der Waals surface area contributed by atoms with Gasteiger partial charge < -0.3 is 25.6 Å². The molecule has 33 heavy (non-hydrogen) atoms. The Balaban J connectivity index is 1.87. The lowest BCUT2D eigenvalue weighted by molar-refractivity contribution is 0.0695. The van der Waals surface area contributed by atoms with E-state index in [1.807, 2.05) is 0 Å². The van der Waals surface area contributed by atoms with Crippen LogP contribution in [-0.4, -0.2) is 40.8 Å². The van der Waals surface area contributed by atoms with Crippen LogP contribution >= 0.6 is 0 Å². The minimum Gasteiger partial charge on any atom is -0.477 e. The zero-order chi connectivity index (χ0) is 23.7. The molecule has 1 spiro atoms. The summed E-state index contributed by atoms with van der Waals surface area (Å²) in [6.07, 6.45) is 2.40. The van der Waals surface area contributed by atoms with Crippen molar-refractivity contribution in [1.29, 1.82) is 0 Å². The van der Waals surface area contributed by atoms with Crippen LogP contribution in [0.5, 0.6) is 0 Å². The second kappa shape index (κ2) is 7.20. The average Bonchev–Trinajstić information content (AvgIpc) is 3.50. The number of benzene rings is 2. The summed E-state index contributed by atoms with van der Waals surface area (Å²) in [5.41, 5.74) is 1.33. The van der Waals surface area contributed by atoms with Crippen LogP contribution in [0.1, 0.15) is 23.2 Å². The summed E-state index contributed by atoms with van der Waals surface area (Å²) in [6, 6.07) is 2.38. The number of fused-ring (bicyclic) bond motifs is 1. The number of rotatable bonds is 3. The number of piperazine rings is 1. The largest absolute Gasteiger partial charge is 0.477 e. The van der Waals surface area contributed by atoms with Crippen molar-refractivity contribution in [2.24, 2.45) is 0 Å². The predicted molar refractivity (Wildman–Crippen MR) is 113 cm³/mol. The van der Waals surface area contributed by atoms with Crippen LogP contribution in [-0.2, 0) is 0 Å². The van der Waals surface area contributed by atoms with Gasteiger partial charge in [-0.15, -0.1) is 0 Å². The Hall–Kier alpha value is -3.60. The average molecular weight is 462 g/mol. The highest BCUT2D eigenvalue weighted by atomic mass is 19.1. The smallest absolute Gasteiger partial charge is 0.341 e. The van der Waals surface area contributed by atoms with Crippen LogP contribution < -0.4 is 21.4 Å². The van der Waals surface area contributed by atoms with Gasteiger partial charge >= 0.3 is 5.97 Å². The highest BCUT2D eigenvalue weighted by Crippen LogP contribution is 2.42. The topological polar surface area (TPSA) is 101 Å². The fraction of sp³-hybridized carbons (Fsp3) is 0.273. The Kier molecular flexibility index (Phi) is 4.64. The van der Waals surface area contributed by atoms with Crippen molar-refractivity contribution >= 4 is 28.2 Å². The van der Waals surface area contributed by atoms with E-state index >= 15 is 8.78 Å². The number of nitrogens with one attached hydrogen (secondary N) is 1. The van der Waals surface area contributed by atoms with Crippen LogP contribution in [0, 0.1) is 23.3 Å². The van der Waals surface area contributed by atoms with E-state index in [9.17, 15) is 23.5 Å². The maximum Gasteiger partial charge on any atom is 0.341 e. The molecule has 2 aromatic carbocycles. The number of pyridine rings is 1. The molecule has 0 radical (unpaired) electrons. The summed E-state index contributed by atoms with van der Waals surface area (Å²) in [5.74, 6) is -6.13. The molecule has 2 fully saturated rings. The summed E-state index contributed by atoms with van der Waals surface area (Å²) >= 11 is 0. The van der Waals surface area contributed by atoms with Gasteiger partial charge in [0, 0.05) is 37.4 Å². The fourth-order valence-corrected chi connectivity index (χ4v) is 4.46.